The SMILES string of the molecule is CCC(CCc1ccccc1Cl)CC(C)(N)C(=O)O. The number of rotatable bonds is 7. The summed E-state index contributed by atoms with van der Waals surface area (Å²) in [6.45, 7) is 3.64. The molecule has 0 aromatic heterocycles. The summed E-state index contributed by atoms with van der Waals surface area (Å²) in [5, 5.41) is 9.84. The number of carbonyl (C=O) groups is 1. The van der Waals surface area contributed by atoms with E-state index in [0.29, 0.717) is 12.3 Å². The summed E-state index contributed by atoms with van der Waals surface area (Å²) < 4.78 is 0. The lowest BCUT2D eigenvalue weighted by molar-refractivity contribution is -0.143. The smallest absolute Gasteiger partial charge is 0.323 e. The van der Waals surface area contributed by atoms with E-state index in [1.54, 1.807) is 6.92 Å². The van der Waals surface area contributed by atoms with Gasteiger partial charge in [-0.25, -0.2) is 0 Å². The molecule has 0 fully saturated rings. The van der Waals surface area contributed by atoms with E-state index >= 15 is 0 Å². The van der Waals surface area contributed by atoms with Gasteiger partial charge in [-0.2, -0.15) is 0 Å². The molecule has 0 spiro atoms. The molecule has 1 aromatic carbocycles. The monoisotopic (exact) mass is 283 g/mol. The number of halogens is 1. The molecule has 3 nitrogen and oxygen atoms in total. The third-order valence-electron chi connectivity index (χ3n) is 3.56. The predicted molar refractivity (Wildman–Crippen MR) is 78.4 cm³/mol. The number of benzene rings is 1. The van der Waals surface area contributed by atoms with Gasteiger partial charge in [-0.3, -0.25) is 4.79 Å². The van der Waals surface area contributed by atoms with Gasteiger partial charge in [0.1, 0.15) is 5.54 Å². The standard InChI is InChI=1S/C15H22ClNO2/c1-3-11(10-15(2,17)14(18)19)8-9-12-6-4-5-7-13(12)16/h4-7,11H,3,8-10,17H2,1-2H3,(H,18,19). The first-order valence-corrected chi connectivity index (χ1v) is 7.00. The zero-order valence-electron chi connectivity index (χ0n) is 11.5. The van der Waals surface area contributed by atoms with E-state index in [4.69, 9.17) is 22.4 Å². The molecule has 0 radical (unpaired) electrons. The van der Waals surface area contributed by atoms with Gasteiger partial charge in [0.15, 0.2) is 0 Å². The molecule has 0 bridgehead atoms. The van der Waals surface area contributed by atoms with E-state index in [1.165, 1.54) is 0 Å². The number of carboxylic acid groups (broad SMARTS) is 1. The molecule has 0 aliphatic rings. The van der Waals surface area contributed by atoms with Gasteiger partial charge in [-0.05, 0) is 43.7 Å². The average molecular weight is 284 g/mol. The van der Waals surface area contributed by atoms with Crippen molar-refractivity contribution in [1.82, 2.24) is 0 Å². The van der Waals surface area contributed by atoms with Crippen molar-refractivity contribution in [3.8, 4) is 0 Å². The van der Waals surface area contributed by atoms with Crippen LogP contribution in [0.4, 0.5) is 0 Å². The van der Waals surface area contributed by atoms with E-state index in [1.807, 2.05) is 24.3 Å². The Kier molecular flexibility index (Phi) is 5.83. The molecule has 0 saturated carbocycles. The molecular formula is C15H22ClNO2. The minimum absolute atomic E-state index is 0.294. The van der Waals surface area contributed by atoms with Gasteiger partial charge in [-0.15, -0.1) is 0 Å². The summed E-state index contributed by atoms with van der Waals surface area (Å²) in [5.74, 6) is -0.647. The summed E-state index contributed by atoms with van der Waals surface area (Å²) in [4.78, 5) is 11.1. The quantitative estimate of drug-likeness (QED) is 0.805. The van der Waals surface area contributed by atoms with Crippen LogP contribution in [0.15, 0.2) is 24.3 Å². The summed E-state index contributed by atoms with van der Waals surface area (Å²) in [7, 11) is 0. The van der Waals surface area contributed by atoms with Gasteiger partial charge in [0.05, 0.1) is 0 Å². The largest absolute Gasteiger partial charge is 0.480 e. The minimum atomic E-state index is -1.15. The van der Waals surface area contributed by atoms with Crippen LogP contribution < -0.4 is 5.73 Å². The van der Waals surface area contributed by atoms with Crippen molar-refractivity contribution in [1.29, 1.82) is 0 Å². The van der Waals surface area contributed by atoms with Gasteiger partial charge in [-0.1, -0.05) is 43.1 Å². The maximum absolute atomic E-state index is 11.1. The number of nitrogens with two attached hydrogens (primary N) is 1. The van der Waals surface area contributed by atoms with Crippen LogP contribution in [-0.4, -0.2) is 16.6 Å². The van der Waals surface area contributed by atoms with Crippen molar-refractivity contribution < 1.29 is 9.90 Å². The molecule has 0 saturated heterocycles. The van der Waals surface area contributed by atoms with Crippen LogP contribution >= 0.6 is 11.6 Å². The van der Waals surface area contributed by atoms with Crippen LogP contribution in [-0.2, 0) is 11.2 Å². The van der Waals surface area contributed by atoms with E-state index in [-0.39, 0.29) is 0 Å². The second-order valence-electron chi connectivity index (χ2n) is 5.33. The zero-order valence-corrected chi connectivity index (χ0v) is 12.3. The summed E-state index contributed by atoms with van der Waals surface area (Å²) in [6, 6.07) is 7.76. The molecule has 0 heterocycles. The first kappa shape index (κ1) is 16.0. The lowest BCUT2D eigenvalue weighted by Crippen LogP contribution is -2.46. The Bertz CT molecular complexity index is 432. The topological polar surface area (TPSA) is 63.3 Å². The van der Waals surface area contributed by atoms with Crippen LogP contribution in [0.1, 0.15) is 38.7 Å². The molecule has 0 amide bonds. The van der Waals surface area contributed by atoms with E-state index in [0.717, 1.165) is 29.8 Å². The van der Waals surface area contributed by atoms with Gasteiger partial charge in [0, 0.05) is 5.02 Å². The first-order valence-electron chi connectivity index (χ1n) is 6.62. The highest BCUT2D eigenvalue weighted by molar-refractivity contribution is 6.31. The Morgan fingerprint density at radius 2 is 2.11 bits per heavy atom. The number of aliphatic carboxylic acids is 1. The lowest BCUT2D eigenvalue weighted by atomic mass is 9.85. The van der Waals surface area contributed by atoms with Gasteiger partial charge in [0.25, 0.3) is 0 Å². The van der Waals surface area contributed by atoms with Crippen molar-refractivity contribution in [3.05, 3.63) is 34.9 Å². The van der Waals surface area contributed by atoms with Crippen LogP contribution in [0.25, 0.3) is 0 Å². The first-order chi connectivity index (χ1) is 8.86. The van der Waals surface area contributed by atoms with Crippen molar-refractivity contribution in [2.24, 2.45) is 11.7 Å². The molecule has 3 N–H and O–H groups in total. The second-order valence-corrected chi connectivity index (χ2v) is 5.74. The highest BCUT2D eigenvalue weighted by Gasteiger charge is 2.30. The number of aryl methyl sites for hydroxylation is 1. The van der Waals surface area contributed by atoms with Gasteiger partial charge in [0.2, 0.25) is 0 Å². The molecule has 106 valence electrons. The number of hydrogen-bond donors (Lipinski definition) is 2. The Labute approximate surface area is 119 Å². The summed E-state index contributed by atoms with van der Waals surface area (Å²) >= 11 is 6.12. The van der Waals surface area contributed by atoms with E-state index < -0.39 is 11.5 Å². The Morgan fingerprint density at radius 3 is 2.63 bits per heavy atom. The number of hydrogen-bond acceptors (Lipinski definition) is 2. The van der Waals surface area contributed by atoms with Crippen LogP contribution in [0.2, 0.25) is 5.02 Å². The fourth-order valence-corrected chi connectivity index (χ4v) is 2.43. The third-order valence-corrected chi connectivity index (χ3v) is 3.93. The van der Waals surface area contributed by atoms with Crippen LogP contribution in [0.3, 0.4) is 0 Å². The minimum Gasteiger partial charge on any atom is -0.480 e. The van der Waals surface area contributed by atoms with Crippen LogP contribution in [0, 0.1) is 5.92 Å². The van der Waals surface area contributed by atoms with Gasteiger partial charge < -0.3 is 10.8 Å². The zero-order chi connectivity index (χ0) is 14.5. The molecule has 1 rings (SSSR count). The molecule has 4 heteroatoms. The Hall–Kier alpha value is -1.06. The highest BCUT2D eigenvalue weighted by Crippen LogP contribution is 2.25. The maximum Gasteiger partial charge on any atom is 0.323 e. The normalized spacial score (nSPS) is 15.8. The molecule has 0 aliphatic heterocycles. The number of carboxylic acids is 1. The Morgan fingerprint density at radius 1 is 1.47 bits per heavy atom. The molecule has 0 aliphatic carbocycles. The fraction of sp³-hybridized carbons (Fsp3) is 0.533. The predicted octanol–water partition coefficient (Wildman–Crippen LogP) is 3.49. The average Bonchev–Trinajstić information content (AvgIpc) is 2.35. The van der Waals surface area contributed by atoms with Crippen LogP contribution in [0.5, 0.6) is 0 Å². The molecular weight excluding hydrogens is 262 g/mol. The molecule has 2 unspecified atom stereocenters. The second kappa shape index (κ2) is 6.92. The van der Waals surface area contributed by atoms with Crippen molar-refractivity contribution >= 4 is 17.6 Å². The van der Waals surface area contributed by atoms with Crippen molar-refractivity contribution in [3.63, 3.8) is 0 Å². The van der Waals surface area contributed by atoms with Crippen molar-refractivity contribution in [2.45, 2.75) is 45.1 Å². The Balaban J connectivity index is 2.59. The summed E-state index contributed by atoms with van der Waals surface area (Å²) in [5.41, 5.74) is 5.77. The van der Waals surface area contributed by atoms with Gasteiger partial charge >= 0.3 is 5.97 Å². The lowest BCUT2D eigenvalue weighted by Gasteiger charge is -2.25. The van der Waals surface area contributed by atoms with E-state index in [9.17, 15) is 4.79 Å². The molecule has 2 atom stereocenters. The highest BCUT2D eigenvalue weighted by atomic mass is 35.5. The summed E-state index contributed by atoms with van der Waals surface area (Å²) in [6.07, 6.45) is 3.17. The van der Waals surface area contributed by atoms with Crippen molar-refractivity contribution in [2.75, 3.05) is 0 Å². The molecule has 19 heavy (non-hydrogen) atoms. The fourth-order valence-electron chi connectivity index (χ4n) is 2.20. The van der Waals surface area contributed by atoms with E-state index in [2.05, 4.69) is 6.92 Å². The molecule has 1 aromatic rings. The third kappa shape index (κ3) is 4.84. The maximum atomic E-state index is 11.1.